The lowest BCUT2D eigenvalue weighted by Crippen LogP contribution is -2.53. The maximum Gasteiger partial charge on any atom is 0.264 e. The van der Waals surface area contributed by atoms with Crippen molar-refractivity contribution in [3.05, 3.63) is 93.7 Å². The molecule has 214 valence electrons. The van der Waals surface area contributed by atoms with Gasteiger partial charge in [-0.2, -0.15) is 0 Å². The maximum absolute atomic E-state index is 14.0. The Labute approximate surface area is 244 Å². The van der Waals surface area contributed by atoms with Crippen molar-refractivity contribution in [2.45, 2.75) is 57.6 Å². The summed E-state index contributed by atoms with van der Waals surface area (Å²) in [7, 11) is -4.30. The molecule has 0 unspecified atom stereocenters. The number of carbonyl (C=O) groups excluding carboxylic acids is 2. The summed E-state index contributed by atoms with van der Waals surface area (Å²) < 4.78 is 42.1. The number of carbonyl (C=O) groups is 2. The number of hydrogen-bond acceptors (Lipinski definition) is 4. The van der Waals surface area contributed by atoms with E-state index in [1.165, 1.54) is 11.0 Å². The Kier molecular flexibility index (Phi) is 10.6. The van der Waals surface area contributed by atoms with E-state index < -0.39 is 34.3 Å². The van der Waals surface area contributed by atoms with Crippen LogP contribution in [-0.2, 0) is 26.2 Å². The van der Waals surface area contributed by atoms with Crippen molar-refractivity contribution in [2.24, 2.45) is 0 Å². The van der Waals surface area contributed by atoms with Gasteiger partial charge in [-0.3, -0.25) is 13.9 Å². The van der Waals surface area contributed by atoms with Crippen LogP contribution in [0.1, 0.15) is 38.3 Å². The smallest absolute Gasteiger partial charge is 0.264 e. The summed E-state index contributed by atoms with van der Waals surface area (Å²) in [6, 6.07) is 14.7. The monoisotopic (exact) mass is 607 g/mol. The molecule has 3 rings (SSSR count). The first-order valence-electron chi connectivity index (χ1n) is 12.7. The summed E-state index contributed by atoms with van der Waals surface area (Å²) in [5, 5.41) is 3.55. The average Bonchev–Trinajstić information content (AvgIpc) is 2.88. The van der Waals surface area contributed by atoms with Crippen molar-refractivity contribution in [3.63, 3.8) is 0 Å². The van der Waals surface area contributed by atoms with Crippen LogP contribution in [0.15, 0.2) is 71.6 Å². The molecule has 0 aromatic heterocycles. The molecule has 0 saturated carbocycles. The van der Waals surface area contributed by atoms with Gasteiger partial charge >= 0.3 is 0 Å². The third-order valence-electron chi connectivity index (χ3n) is 6.18. The molecule has 1 atom stereocenters. The SMILES string of the molecule is CC[C@H](C(=O)NC(C)C)N(Cc1ccc(Cl)cc1Cl)C(=O)CN(c1ccc(C)cc1)S(=O)(=O)c1ccc(F)cc1. The van der Waals surface area contributed by atoms with Gasteiger partial charge < -0.3 is 10.2 Å². The minimum atomic E-state index is -4.30. The number of nitrogens with one attached hydrogen (secondary N) is 1. The van der Waals surface area contributed by atoms with Gasteiger partial charge in [0.1, 0.15) is 18.4 Å². The summed E-state index contributed by atoms with van der Waals surface area (Å²) in [5.74, 6) is -1.59. The molecule has 11 heteroatoms. The minimum absolute atomic E-state index is 0.0583. The average molecular weight is 609 g/mol. The van der Waals surface area contributed by atoms with Crippen LogP contribution in [-0.4, -0.2) is 43.8 Å². The van der Waals surface area contributed by atoms with E-state index in [1.54, 1.807) is 57.2 Å². The number of halogens is 3. The van der Waals surface area contributed by atoms with Gasteiger partial charge in [0, 0.05) is 22.6 Å². The zero-order valence-corrected chi connectivity index (χ0v) is 25.0. The second kappa shape index (κ2) is 13.5. The molecule has 0 aliphatic rings. The highest BCUT2D eigenvalue weighted by molar-refractivity contribution is 7.92. The van der Waals surface area contributed by atoms with Gasteiger partial charge in [0.15, 0.2) is 0 Å². The summed E-state index contributed by atoms with van der Waals surface area (Å²) in [6.07, 6.45) is 0.269. The largest absolute Gasteiger partial charge is 0.352 e. The van der Waals surface area contributed by atoms with Crippen LogP contribution in [0.2, 0.25) is 10.0 Å². The van der Waals surface area contributed by atoms with Crippen molar-refractivity contribution in [2.75, 3.05) is 10.8 Å². The highest BCUT2D eigenvalue weighted by Gasteiger charge is 2.34. The molecule has 0 radical (unpaired) electrons. The van der Waals surface area contributed by atoms with Crippen LogP contribution < -0.4 is 9.62 Å². The molecule has 0 aliphatic carbocycles. The van der Waals surface area contributed by atoms with Gasteiger partial charge in [0.25, 0.3) is 10.0 Å². The summed E-state index contributed by atoms with van der Waals surface area (Å²) in [5.41, 5.74) is 1.68. The van der Waals surface area contributed by atoms with E-state index >= 15 is 0 Å². The van der Waals surface area contributed by atoms with E-state index in [-0.39, 0.29) is 35.5 Å². The van der Waals surface area contributed by atoms with Crippen LogP contribution >= 0.6 is 23.2 Å². The number of rotatable bonds is 11. The van der Waals surface area contributed by atoms with E-state index in [0.717, 1.165) is 34.1 Å². The second-order valence-electron chi connectivity index (χ2n) is 9.65. The molecule has 0 fully saturated rings. The minimum Gasteiger partial charge on any atom is -0.352 e. The lowest BCUT2D eigenvalue weighted by Gasteiger charge is -2.33. The molecule has 0 aliphatic heterocycles. The quantitative estimate of drug-likeness (QED) is 0.291. The van der Waals surface area contributed by atoms with Gasteiger partial charge in [-0.25, -0.2) is 12.8 Å². The molecule has 2 amide bonds. The molecule has 3 aromatic carbocycles. The zero-order valence-electron chi connectivity index (χ0n) is 22.7. The molecule has 3 aromatic rings. The van der Waals surface area contributed by atoms with Crippen LogP contribution in [0.25, 0.3) is 0 Å². The van der Waals surface area contributed by atoms with Crippen molar-refractivity contribution >= 4 is 50.7 Å². The fraction of sp³-hybridized carbons (Fsp3) is 0.310. The van der Waals surface area contributed by atoms with E-state index in [9.17, 15) is 22.4 Å². The van der Waals surface area contributed by atoms with Gasteiger partial charge in [0.05, 0.1) is 10.6 Å². The Hall–Kier alpha value is -3.14. The molecule has 0 saturated heterocycles. The van der Waals surface area contributed by atoms with Crippen molar-refractivity contribution < 1.29 is 22.4 Å². The summed E-state index contributed by atoms with van der Waals surface area (Å²) >= 11 is 12.5. The summed E-state index contributed by atoms with van der Waals surface area (Å²) in [6.45, 7) is 6.56. The highest BCUT2D eigenvalue weighted by atomic mass is 35.5. The van der Waals surface area contributed by atoms with E-state index in [2.05, 4.69) is 5.32 Å². The fourth-order valence-corrected chi connectivity index (χ4v) is 5.99. The first-order valence-corrected chi connectivity index (χ1v) is 14.9. The number of aryl methyl sites for hydroxylation is 1. The Morgan fingerprint density at radius 3 is 2.15 bits per heavy atom. The molecule has 1 N–H and O–H groups in total. The van der Waals surface area contributed by atoms with Crippen molar-refractivity contribution in [1.82, 2.24) is 10.2 Å². The Bertz CT molecular complexity index is 1450. The van der Waals surface area contributed by atoms with Gasteiger partial charge in [-0.05, 0) is 81.3 Å². The van der Waals surface area contributed by atoms with E-state index in [4.69, 9.17) is 23.2 Å². The van der Waals surface area contributed by atoms with Crippen molar-refractivity contribution in [1.29, 1.82) is 0 Å². The number of hydrogen-bond donors (Lipinski definition) is 1. The normalized spacial score (nSPS) is 12.2. The Morgan fingerprint density at radius 2 is 1.60 bits per heavy atom. The molecule has 7 nitrogen and oxygen atoms in total. The van der Waals surface area contributed by atoms with Crippen LogP contribution in [0.3, 0.4) is 0 Å². The number of nitrogens with zero attached hydrogens (tertiary/aromatic N) is 2. The number of sulfonamides is 1. The molecular formula is C29H32Cl2FN3O4S. The topological polar surface area (TPSA) is 86.8 Å². The maximum atomic E-state index is 14.0. The highest BCUT2D eigenvalue weighted by Crippen LogP contribution is 2.27. The molecule has 40 heavy (non-hydrogen) atoms. The standard InChI is InChI=1S/C29H32Cl2FN3O4S/c1-5-27(29(37)33-19(2)3)34(17-21-8-9-22(30)16-26(21)31)28(36)18-35(24-12-6-20(4)7-13-24)40(38,39)25-14-10-23(32)11-15-25/h6-16,19,27H,5,17-18H2,1-4H3,(H,33,37)/t27-/m1/s1. The van der Waals surface area contributed by atoms with Crippen LogP contribution in [0.5, 0.6) is 0 Å². The Balaban J connectivity index is 2.08. The summed E-state index contributed by atoms with van der Waals surface area (Å²) in [4.78, 5) is 28.3. The number of anilines is 1. The fourth-order valence-electron chi connectivity index (χ4n) is 4.11. The number of amides is 2. The third-order valence-corrected chi connectivity index (χ3v) is 8.55. The molecular weight excluding hydrogens is 576 g/mol. The van der Waals surface area contributed by atoms with Crippen LogP contribution in [0, 0.1) is 12.7 Å². The Morgan fingerprint density at radius 1 is 0.975 bits per heavy atom. The number of benzene rings is 3. The first kappa shape index (κ1) is 31.4. The van der Waals surface area contributed by atoms with E-state index in [1.807, 2.05) is 6.92 Å². The van der Waals surface area contributed by atoms with Crippen molar-refractivity contribution in [3.8, 4) is 0 Å². The molecule has 0 heterocycles. The first-order chi connectivity index (χ1) is 18.8. The predicted molar refractivity (Wildman–Crippen MR) is 156 cm³/mol. The van der Waals surface area contributed by atoms with Crippen LogP contribution in [0.4, 0.5) is 10.1 Å². The van der Waals surface area contributed by atoms with Gasteiger partial charge in [0.2, 0.25) is 11.8 Å². The lowest BCUT2D eigenvalue weighted by atomic mass is 10.1. The lowest BCUT2D eigenvalue weighted by molar-refractivity contribution is -0.140. The van der Waals surface area contributed by atoms with E-state index in [0.29, 0.717) is 15.6 Å². The van der Waals surface area contributed by atoms with Gasteiger partial charge in [-0.1, -0.05) is 53.9 Å². The molecule has 0 spiro atoms. The second-order valence-corrected chi connectivity index (χ2v) is 12.4. The third kappa shape index (κ3) is 7.74. The zero-order chi connectivity index (χ0) is 29.6. The molecule has 0 bridgehead atoms. The van der Waals surface area contributed by atoms with Gasteiger partial charge in [-0.15, -0.1) is 0 Å². The predicted octanol–water partition coefficient (Wildman–Crippen LogP) is 5.97.